The van der Waals surface area contributed by atoms with Crippen LogP contribution in [-0.2, 0) is 11.3 Å². The van der Waals surface area contributed by atoms with Gasteiger partial charge in [0.05, 0.1) is 29.8 Å². The Bertz CT molecular complexity index is 1540. The zero-order chi connectivity index (χ0) is 26.6. The molecule has 1 fully saturated rings. The topological polar surface area (TPSA) is 84.1 Å². The number of benzene rings is 3. The van der Waals surface area contributed by atoms with Gasteiger partial charge in [-0.05, 0) is 90.5 Å². The summed E-state index contributed by atoms with van der Waals surface area (Å²) < 4.78 is 7.33. The van der Waals surface area contributed by atoms with Crippen LogP contribution in [0.4, 0.5) is 5.69 Å². The second-order valence-corrected chi connectivity index (χ2v) is 9.73. The summed E-state index contributed by atoms with van der Waals surface area (Å²) in [6.07, 6.45) is 3.88. The van der Waals surface area contributed by atoms with Crippen molar-refractivity contribution < 1.29 is 19.4 Å². The van der Waals surface area contributed by atoms with Crippen molar-refractivity contribution in [1.29, 1.82) is 0 Å². The van der Waals surface area contributed by atoms with Crippen molar-refractivity contribution in [2.24, 2.45) is 4.99 Å². The first-order valence-corrected chi connectivity index (χ1v) is 12.7. The van der Waals surface area contributed by atoms with E-state index in [-0.39, 0.29) is 18.0 Å². The number of carbonyl (C=O) groups is 2. The maximum absolute atomic E-state index is 13.6. The van der Waals surface area contributed by atoms with Gasteiger partial charge in [0.15, 0.2) is 5.17 Å². The predicted octanol–water partition coefficient (Wildman–Crippen LogP) is 6.30. The molecule has 7 nitrogen and oxygen atoms in total. The Labute approximate surface area is 224 Å². The van der Waals surface area contributed by atoms with Crippen molar-refractivity contribution in [3.63, 3.8) is 0 Å². The number of methoxy groups -OCH3 is 1. The van der Waals surface area contributed by atoms with Crippen LogP contribution in [0, 0.1) is 6.92 Å². The molecule has 8 heteroatoms. The van der Waals surface area contributed by atoms with Gasteiger partial charge in [-0.1, -0.05) is 30.3 Å². The minimum absolute atomic E-state index is 0.151. The number of aromatic carboxylic acids is 1. The summed E-state index contributed by atoms with van der Waals surface area (Å²) in [6.45, 7) is 2.30. The fourth-order valence-electron chi connectivity index (χ4n) is 4.13. The molecular weight excluding hydrogens is 498 g/mol. The van der Waals surface area contributed by atoms with E-state index < -0.39 is 5.97 Å². The second kappa shape index (κ2) is 10.8. The lowest BCUT2D eigenvalue weighted by atomic mass is 10.1. The van der Waals surface area contributed by atoms with E-state index in [2.05, 4.69) is 4.57 Å². The van der Waals surface area contributed by atoms with E-state index in [0.717, 1.165) is 33.9 Å². The van der Waals surface area contributed by atoms with E-state index in [1.165, 1.54) is 11.8 Å². The molecule has 0 bridgehead atoms. The maximum Gasteiger partial charge on any atom is 0.335 e. The Morgan fingerprint density at radius 1 is 1.03 bits per heavy atom. The number of aromatic nitrogens is 1. The van der Waals surface area contributed by atoms with Gasteiger partial charge in [-0.25, -0.2) is 9.79 Å². The van der Waals surface area contributed by atoms with Crippen LogP contribution in [0.1, 0.15) is 27.2 Å². The lowest BCUT2D eigenvalue weighted by Gasteiger charge is -2.16. The first kappa shape index (κ1) is 25.1. The molecule has 1 aliphatic heterocycles. The van der Waals surface area contributed by atoms with E-state index in [0.29, 0.717) is 10.1 Å². The van der Waals surface area contributed by atoms with Crippen LogP contribution >= 0.6 is 11.8 Å². The summed E-state index contributed by atoms with van der Waals surface area (Å²) in [4.78, 5) is 31.7. The van der Waals surface area contributed by atoms with Gasteiger partial charge in [0, 0.05) is 17.6 Å². The van der Waals surface area contributed by atoms with Gasteiger partial charge in [-0.3, -0.25) is 9.69 Å². The van der Waals surface area contributed by atoms with Crippen LogP contribution in [0.25, 0.3) is 11.8 Å². The summed E-state index contributed by atoms with van der Waals surface area (Å²) in [6, 6.07) is 25.9. The highest BCUT2D eigenvalue weighted by atomic mass is 32.2. The highest BCUT2D eigenvalue weighted by molar-refractivity contribution is 8.18. The quantitative estimate of drug-likeness (QED) is 0.288. The van der Waals surface area contributed by atoms with E-state index in [4.69, 9.17) is 9.73 Å². The Kier molecular flexibility index (Phi) is 7.15. The normalized spacial score (nSPS) is 15.4. The van der Waals surface area contributed by atoms with E-state index in [1.807, 2.05) is 79.9 Å². The SMILES string of the molecule is COc1ccc(-n2cc(/C=C3/SC(=Nc4ccccc4)N(Cc4ccc(C(=O)O)cc4)C3=O)cc2C)cc1. The van der Waals surface area contributed by atoms with E-state index in [9.17, 15) is 14.7 Å². The molecule has 190 valence electrons. The molecule has 0 aliphatic carbocycles. The Balaban J connectivity index is 1.46. The van der Waals surface area contributed by atoms with Gasteiger partial charge in [0.1, 0.15) is 5.75 Å². The minimum Gasteiger partial charge on any atom is -0.497 e. The molecule has 0 atom stereocenters. The first-order valence-electron chi connectivity index (χ1n) is 11.9. The van der Waals surface area contributed by atoms with E-state index in [1.54, 1.807) is 36.3 Å². The largest absolute Gasteiger partial charge is 0.497 e. The maximum atomic E-state index is 13.6. The van der Waals surface area contributed by atoms with Crippen molar-refractivity contribution in [2.45, 2.75) is 13.5 Å². The number of rotatable bonds is 7. The average molecular weight is 524 g/mol. The highest BCUT2D eigenvalue weighted by Crippen LogP contribution is 2.35. The Morgan fingerprint density at radius 2 is 1.74 bits per heavy atom. The smallest absolute Gasteiger partial charge is 0.335 e. The Hall–Kier alpha value is -4.56. The number of carboxylic acids is 1. The molecule has 38 heavy (non-hydrogen) atoms. The van der Waals surface area contributed by atoms with Crippen molar-refractivity contribution in [1.82, 2.24) is 9.47 Å². The molecule has 4 aromatic rings. The molecule has 1 saturated heterocycles. The van der Waals surface area contributed by atoms with Crippen molar-refractivity contribution in [2.75, 3.05) is 7.11 Å². The van der Waals surface area contributed by atoms with Crippen molar-refractivity contribution >= 4 is 40.6 Å². The van der Waals surface area contributed by atoms with Crippen LogP contribution in [0.2, 0.25) is 0 Å². The number of carbonyl (C=O) groups excluding carboxylic acids is 1. The Morgan fingerprint density at radius 3 is 2.39 bits per heavy atom. The van der Waals surface area contributed by atoms with E-state index >= 15 is 0 Å². The van der Waals surface area contributed by atoms with Crippen molar-refractivity contribution in [3.8, 4) is 11.4 Å². The molecule has 1 aliphatic rings. The number of amides is 1. The molecular formula is C30H25N3O4S. The molecule has 3 aromatic carbocycles. The molecule has 0 radical (unpaired) electrons. The molecule has 0 spiro atoms. The molecule has 0 unspecified atom stereocenters. The van der Waals surface area contributed by atoms with Crippen LogP contribution in [-0.4, -0.2) is 38.7 Å². The molecule has 1 amide bonds. The number of carboxylic acid groups (broad SMARTS) is 1. The number of aliphatic imine (C=N–C) groups is 1. The monoisotopic (exact) mass is 523 g/mol. The third-order valence-electron chi connectivity index (χ3n) is 6.09. The molecule has 5 rings (SSSR count). The standard InChI is InChI=1S/C30H25N3O4S/c1-20-16-22(19-32(20)25-12-14-26(37-2)15-13-25)17-27-28(34)33(18-21-8-10-23(11-9-21)29(35)36)30(38-27)31-24-6-4-3-5-7-24/h3-17,19H,18H2,1-2H3,(H,35,36)/b27-17+,31-30?. The average Bonchev–Trinajstić information content (AvgIpc) is 3.44. The van der Waals surface area contributed by atoms with Crippen molar-refractivity contribution in [3.05, 3.63) is 118 Å². The molecule has 1 N–H and O–H groups in total. The lowest BCUT2D eigenvalue weighted by molar-refractivity contribution is -0.122. The lowest BCUT2D eigenvalue weighted by Crippen LogP contribution is -2.28. The third kappa shape index (κ3) is 5.40. The van der Waals surface area contributed by atoms with Crippen LogP contribution in [0.15, 0.2) is 101 Å². The summed E-state index contributed by atoms with van der Waals surface area (Å²) in [5, 5.41) is 9.77. The number of amidine groups is 1. The first-order chi connectivity index (χ1) is 18.4. The number of thioether (sulfide) groups is 1. The second-order valence-electron chi connectivity index (χ2n) is 8.72. The minimum atomic E-state index is -0.988. The fourth-order valence-corrected chi connectivity index (χ4v) is 5.13. The zero-order valence-corrected chi connectivity index (χ0v) is 21.7. The number of hydrogen-bond acceptors (Lipinski definition) is 5. The number of ether oxygens (including phenoxy) is 1. The van der Waals surface area contributed by atoms with Gasteiger partial charge < -0.3 is 14.4 Å². The summed E-state index contributed by atoms with van der Waals surface area (Å²) in [7, 11) is 1.64. The number of aryl methyl sites for hydroxylation is 1. The van der Waals surface area contributed by atoms with Crippen LogP contribution in [0.5, 0.6) is 5.75 Å². The van der Waals surface area contributed by atoms with Gasteiger partial charge >= 0.3 is 5.97 Å². The molecule has 1 aromatic heterocycles. The zero-order valence-electron chi connectivity index (χ0n) is 20.9. The molecule has 0 saturated carbocycles. The van der Waals surface area contributed by atoms with Gasteiger partial charge in [-0.15, -0.1) is 0 Å². The summed E-state index contributed by atoms with van der Waals surface area (Å²) in [5.74, 6) is -0.351. The fraction of sp³-hybridized carbons (Fsp3) is 0.100. The van der Waals surface area contributed by atoms with Crippen LogP contribution in [0.3, 0.4) is 0 Å². The van der Waals surface area contributed by atoms with Gasteiger partial charge in [-0.2, -0.15) is 0 Å². The number of nitrogens with zero attached hydrogens (tertiary/aromatic N) is 3. The molecule has 2 heterocycles. The highest BCUT2D eigenvalue weighted by Gasteiger charge is 2.33. The number of para-hydroxylation sites is 1. The summed E-state index contributed by atoms with van der Waals surface area (Å²) >= 11 is 1.33. The van der Waals surface area contributed by atoms with Gasteiger partial charge in [0.25, 0.3) is 5.91 Å². The third-order valence-corrected chi connectivity index (χ3v) is 7.10. The van der Waals surface area contributed by atoms with Crippen LogP contribution < -0.4 is 4.74 Å². The van der Waals surface area contributed by atoms with Gasteiger partial charge in [0.2, 0.25) is 0 Å². The number of hydrogen-bond donors (Lipinski definition) is 1. The summed E-state index contributed by atoms with van der Waals surface area (Å²) in [5.41, 5.74) is 4.69. The predicted molar refractivity (Wildman–Crippen MR) is 150 cm³/mol.